The Balaban J connectivity index is 1.86. The van der Waals surface area contributed by atoms with Gasteiger partial charge >= 0.3 is 0 Å². The van der Waals surface area contributed by atoms with Gasteiger partial charge in [-0.25, -0.2) is 4.39 Å². The molecule has 3 nitrogen and oxygen atoms in total. The average molecular weight is 343 g/mol. The summed E-state index contributed by atoms with van der Waals surface area (Å²) in [4.78, 5) is 12.0. The minimum absolute atomic E-state index is 0.0511. The van der Waals surface area contributed by atoms with Crippen LogP contribution in [0.3, 0.4) is 0 Å². The van der Waals surface area contributed by atoms with Crippen molar-refractivity contribution >= 4 is 27.5 Å². The molecule has 0 spiro atoms. The molecule has 110 valence electrons. The van der Waals surface area contributed by atoms with Crippen molar-refractivity contribution in [2.24, 2.45) is 11.8 Å². The lowest BCUT2D eigenvalue weighted by Crippen LogP contribution is -2.34. The minimum atomic E-state index is -0.368. The zero-order chi connectivity index (χ0) is 14.5. The van der Waals surface area contributed by atoms with Gasteiger partial charge in [-0.1, -0.05) is 6.92 Å². The van der Waals surface area contributed by atoms with Gasteiger partial charge in [-0.05, 0) is 71.9 Å². The van der Waals surface area contributed by atoms with Gasteiger partial charge in [0.15, 0.2) is 0 Å². The van der Waals surface area contributed by atoms with Crippen LogP contribution in [0.1, 0.15) is 26.2 Å². The van der Waals surface area contributed by atoms with E-state index in [4.69, 9.17) is 0 Å². The second kappa shape index (κ2) is 7.18. The second-order valence-corrected chi connectivity index (χ2v) is 6.32. The highest BCUT2D eigenvalue weighted by Crippen LogP contribution is 2.24. The molecule has 0 aromatic heterocycles. The van der Waals surface area contributed by atoms with Crippen molar-refractivity contribution in [2.75, 3.05) is 18.4 Å². The summed E-state index contributed by atoms with van der Waals surface area (Å²) < 4.78 is 13.8. The molecule has 2 N–H and O–H groups in total. The van der Waals surface area contributed by atoms with Crippen LogP contribution < -0.4 is 10.6 Å². The average Bonchev–Trinajstić information content (AvgIpc) is 2.44. The van der Waals surface area contributed by atoms with Crippen LogP contribution in [0.4, 0.5) is 10.1 Å². The first-order valence-corrected chi connectivity index (χ1v) is 7.81. The second-order valence-electron chi connectivity index (χ2n) is 5.46. The maximum Gasteiger partial charge on any atom is 0.224 e. The normalized spacial score (nSPS) is 20.4. The van der Waals surface area contributed by atoms with Gasteiger partial charge < -0.3 is 10.6 Å². The summed E-state index contributed by atoms with van der Waals surface area (Å²) in [5.41, 5.74) is 0.504. The van der Waals surface area contributed by atoms with E-state index in [2.05, 4.69) is 33.5 Å². The van der Waals surface area contributed by atoms with Gasteiger partial charge in [-0.3, -0.25) is 4.79 Å². The number of halogens is 2. The molecule has 2 unspecified atom stereocenters. The van der Waals surface area contributed by atoms with Crippen molar-refractivity contribution in [3.63, 3.8) is 0 Å². The molecule has 1 amide bonds. The lowest BCUT2D eigenvalue weighted by atomic mass is 9.85. The molecule has 1 aliphatic rings. The fraction of sp³-hybridized carbons (Fsp3) is 0.533. The van der Waals surface area contributed by atoms with E-state index in [1.807, 2.05) is 0 Å². The Morgan fingerprint density at radius 2 is 2.40 bits per heavy atom. The van der Waals surface area contributed by atoms with Crippen LogP contribution in [0.2, 0.25) is 0 Å². The van der Waals surface area contributed by atoms with E-state index in [0.29, 0.717) is 28.4 Å². The van der Waals surface area contributed by atoms with E-state index < -0.39 is 0 Å². The third-order valence-electron chi connectivity index (χ3n) is 3.85. The highest BCUT2D eigenvalue weighted by atomic mass is 79.9. The summed E-state index contributed by atoms with van der Waals surface area (Å²) in [6.07, 6.45) is 2.83. The molecule has 0 aliphatic carbocycles. The number of hydrogen-bond acceptors (Lipinski definition) is 2. The molecule has 1 aliphatic heterocycles. The number of benzene rings is 1. The van der Waals surface area contributed by atoms with E-state index in [-0.39, 0.29) is 11.7 Å². The number of rotatable bonds is 4. The summed E-state index contributed by atoms with van der Waals surface area (Å²) in [7, 11) is 0. The van der Waals surface area contributed by atoms with Gasteiger partial charge in [0.1, 0.15) is 5.82 Å². The van der Waals surface area contributed by atoms with Crippen molar-refractivity contribution in [2.45, 2.75) is 26.2 Å². The monoisotopic (exact) mass is 342 g/mol. The third kappa shape index (κ3) is 4.28. The summed E-state index contributed by atoms with van der Waals surface area (Å²) in [6.45, 7) is 4.17. The van der Waals surface area contributed by atoms with Crippen LogP contribution in [0.15, 0.2) is 22.7 Å². The summed E-state index contributed by atoms with van der Waals surface area (Å²) in [5.74, 6) is 0.469. The first-order valence-electron chi connectivity index (χ1n) is 7.02. The molecular formula is C15H20BrFN2O. The highest BCUT2D eigenvalue weighted by molar-refractivity contribution is 9.10. The summed E-state index contributed by atoms with van der Waals surface area (Å²) in [6, 6.07) is 4.62. The largest absolute Gasteiger partial charge is 0.326 e. The zero-order valence-corrected chi connectivity index (χ0v) is 13.2. The van der Waals surface area contributed by atoms with Crippen LogP contribution in [-0.4, -0.2) is 19.0 Å². The number of anilines is 1. The van der Waals surface area contributed by atoms with Gasteiger partial charge in [0.2, 0.25) is 5.91 Å². The Labute approximate surface area is 127 Å². The molecule has 1 saturated heterocycles. The Morgan fingerprint density at radius 3 is 3.05 bits per heavy atom. The van der Waals surface area contributed by atoms with E-state index in [1.165, 1.54) is 18.9 Å². The molecule has 0 radical (unpaired) electrons. The first-order chi connectivity index (χ1) is 9.56. The number of hydrogen-bond donors (Lipinski definition) is 2. The Kier molecular flexibility index (Phi) is 5.54. The smallest absolute Gasteiger partial charge is 0.224 e. The van der Waals surface area contributed by atoms with Gasteiger partial charge in [0.05, 0.1) is 4.47 Å². The first kappa shape index (κ1) is 15.4. The summed E-state index contributed by atoms with van der Waals surface area (Å²) in [5, 5.41) is 6.13. The van der Waals surface area contributed by atoms with Crippen LogP contribution in [0, 0.1) is 17.7 Å². The molecule has 5 heteroatoms. The van der Waals surface area contributed by atoms with Crippen molar-refractivity contribution in [1.82, 2.24) is 5.32 Å². The number of amides is 1. The van der Waals surface area contributed by atoms with Gasteiger partial charge in [0.25, 0.3) is 0 Å². The van der Waals surface area contributed by atoms with Gasteiger partial charge in [0, 0.05) is 12.1 Å². The molecule has 2 atom stereocenters. The van der Waals surface area contributed by atoms with Crippen molar-refractivity contribution in [3.8, 4) is 0 Å². The maximum absolute atomic E-state index is 13.4. The number of piperidine rings is 1. The van der Waals surface area contributed by atoms with E-state index in [9.17, 15) is 9.18 Å². The van der Waals surface area contributed by atoms with E-state index in [0.717, 1.165) is 13.1 Å². The molecule has 20 heavy (non-hydrogen) atoms. The molecule has 1 heterocycles. The minimum Gasteiger partial charge on any atom is -0.326 e. The quantitative estimate of drug-likeness (QED) is 0.878. The molecule has 0 saturated carbocycles. The van der Waals surface area contributed by atoms with E-state index in [1.54, 1.807) is 12.1 Å². The predicted molar refractivity (Wildman–Crippen MR) is 82.1 cm³/mol. The number of carbonyl (C=O) groups is 1. The Morgan fingerprint density at radius 1 is 1.60 bits per heavy atom. The maximum atomic E-state index is 13.4. The third-order valence-corrected chi connectivity index (χ3v) is 4.49. The van der Waals surface area contributed by atoms with Crippen molar-refractivity contribution in [3.05, 3.63) is 28.5 Å². The summed E-state index contributed by atoms with van der Waals surface area (Å²) >= 11 is 3.09. The lowest BCUT2D eigenvalue weighted by molar-refractivity contribution is -0.117. The molecule has 2 rings (SSSR count). The predicted octanol–water partition coefficient (Wildman–Crippen LogP) is 3.55. The molecule has 1 aromatic rings. The molecule has 1 fully saturated rings. The fourth-order valence-electron chi connectivity index (χ4n) is 2.61. The standard InChI is InChI=1S/C15H20BrFN2O/c1-10(11-3-2-6-18-9-11)7-15(20)19-12-4-5-13(16)14(17)8-12/h4-5,8,10-11,18H,2-3,6-7,9H2,1H3,(H,19,20). The Hall–Kier alpha value is -0.940. The SMILES string of the molecule is CC(CC(=O)Nc1ccc(Br)c(F)c1)C1CCCNC1. The van der Waals surface area contributed by atoms with Crippen LogP contribution in [0.5, 0.6) is 0 Å². The van der Waals surface area contributed by atoms with Gasteiger partial charge in [-0.15, -0.1) is 0 Å². The Bertz CT molecular complexity index is 475. The zero-order valence-electron chi connectivity index (χ0n) is 11.6. The molecule has 1 aromatic carbocycles. The lowest BCUT2D eigenvalue weighted by Gasteiger charge is -2.28. The van der Waals surface area contributed by atoms with E-state index >= 15 is 0 Å². The van der Waals surface area contributed by atoms with Crippen LogP contribution in [-0.2, 0) is 4.79 Å². The highest BCUT2D eigenvalue weighted by Gasteiger charge is 2.22. The number of carbonyl (C=O) groups excluding carboxylic acids is 1. The van der Waals surface area contributed by atoms with Gasteiger partial charge in [-0.2, -0.15) is 0 Å². The molecule has 0 bridgehead atoms. The topological polar surface area (TPSA) is 41.1 Å². The number of nitrogens with one attached hydrogen (secondary N) is 2. The fourth-order valence-corrected chi connectivity index (χ4v) is 2.86. The van der Waals surface area contributed by atoms with Crippen molar-refractivity contribution < 1.29 is 9.18 Å². The van der Waals surface area contributed by atoms with Crippen LogP contribution in [0.25, 0.3) is 0 Å². The molecular weight excluding hydrogens is 323 g/mol. The van der Waals surface area contributed by atoms with Crippen molar-refractivity contribution in [1.29, 1.82) is 0 Å². The van der Waals surface area contributed by atoms with Crippen LogP contribution >= 0.6 is 15.9 Å².